The van der Waals surface area contributed by atoms with Crippen molar-refractivity contribution in [2.75, 3.05) is 148 Å². The van der Waals surface area contributed by atoms with Gasteiger partial charge in [-0.1, -0.05) is 36.4 Å². The predicted octanol–water partition coefficient (Wildman–Crippen LogP) is 9.88. The first-order chi connectivity index (χ1) is 54.7. The molecule has 0 saturated carbocycles. The van der Waals surface area contributed by atoms with Gasteiger partial charge in [-0.05, 0) is 117 Å². The number of anilines is 6. The lowest BCUT2D eigenvalue weighted by molar-refractivity contribution is -0.157. The van der Waals surface area contributed by atoms with E-state index in [2.05, 4.69) is 74.3 Å². The van der Waals surface area contributed by atoms with Crippen molar-refractivity contribution >= 4 is 52.4 Å². The molecular formula is C78H88F9N15O13. The molecule has 0 radical (unpaired) electrons. The first-order valence-corrected chi connectivity index (χ1v) is 36.8. The molecule has 6 aromatic heterocycles. The zero-order valence-electron chi connectivity index (χ0n) is 63.2. The molecule has 0 spiro atoms. The highest BCUT2D eigenvalue weighted by atomic mass is 19.4. The van der Waals surface area contributed by atoms with Crippen molar-refractivity contribution in [2.45, 2.75) is 95.4 Å². The van der Waals surface area contributed by atoms with Gasteiger partial charge in [0, 0.05) is 131 Å². The van der Waals surface area contributed by atoms with Crippen LogP contribution in [0.2, 0.25) is 0 Å². The molecule has 3 aromatic carbocycles. The van der Waals surface area contributed by atoms with Gasteiger partial charge in [0.1, 0.15) is 83.5 Å². The van der Waals surface area contributed by atoms with Crippen LogP contribution in [0.5, 0.6) is 0 Å². The van der Waals surface area contributed by atoms with Crippen LogP contribution >= 0.6 is 0 Å². The van der Waals surface area contributed by atoms with E-state index in [1.165, 1.54) is 18.6 Å². The number of carbonyl (C=O) groups is 3. The Morgan fingerprint density at radius 3 is 1.02 bits per heavy atom. The Bertz CT molecular complexity index is 4590. The van der Waals surface area contributed by atoms with Crippen molar-refractivity contribution in [1.82, 2.24) is 44.9 Å². The van der Waals surface area contributed by atoms with E-state index < -0.39 is 71.8 Å². The molecule has 5 saturated heterocycles. The van der Waals surface area contributed by atoms with Crippen molar-refractivity contribution in [3.8, 4) is 34.2 Å². The topological polar surface area (TPSA) is 332 Å². The summed E-state index contributed by atoms with van der Waals surface area (Å²) in [5.74, 6) is -0.158. The molecule has 9 aromatic rings. The largest absolute Gasteiger partial charge is 0.481 e. The van der Waals surface area contributed by atoms with Crippen molar-refractivity contribution in [2.24, 2.45) is 0 Å². The number of halogens is 9. The highest BCUT2D eigenvalue weighted by Gasteiger charge is 2.37. The Hall–Kier alpha value is -11.0. The fraction of sp³-hybridized carbons (Fsp3) is 0.423. The van der Waals surface area contributed by atoms with E-state index >= 15 is 0 Å². The number of hydrogen-bond donors (Lipinski definition) is 7. The molecule has 5 aliphatic rings. The summed E-state index contributed by atoms with van der Waals surface area (Å²) in [6.07, 6.45) is -7.72. The quantitative estimate of drug-likeness (QED) is 0.0260. The Kier molecular flexibility index (Phi) is 27.7. The monoisotopic (exact) mass is 1610 g/mol. The Morgan fingerprint density at radius 1 is 0.443 bits per heavy atom. The summed E-state index contributed by atoms with van der Waals surface area (Å²) in [6.45, 7) is 16.7. The Morgan fingerprint density at radius 2 is 0.757 bits per heavy atom. The van der Waals surface area contributed by atoms with Gasteiger partial charge >= 0.3 is 36.4 Å². The number of piperazine rings is 3. The molecule has 0 aliphatic carbocycles. The average molecular weight is 1610 g/mol. The summed E-state index contributed by atoms with van der Waals surface area (Å²) in [6, 6.07) is 33.4. The minimum atomic E-state index is -4.48. The molecule has 7 N–H and O–H groups in total. The predicted molar refractivity (Wildman–Crippen MR) is 404 cm³/mol. The lowest BCUT2D eigenvalue weighted by Crippen LogP contribution is -2.46. The van der Waals surface area contributed by atoms with Crippen molar-refractivity contribution in [3.05, 3.63) is 180 Å². The Labute approximate surface area is 654 Å². The number of nitrogens with one attached hydrogen (secondary N) is 3. The van der Waals surface area contributed by atoms with Crippen molar-refractivity contribution in [3.63, 3.8) is 0 Å². The maximum absolute atomic E-state index is 12.8. The number of aliphatic hydroxyl groups excluding tert-OH is 3. The number of pyridine rings is 3. The number of carboxylic acid groups (broad SMARTS) is 1. The highest BCUT2D eigenvalue weighted by Crippen LogP contribution is 2.34. The Balaban J connectivity index is 0.000000161. The van der Waals surface area contributed by atoms with E-state index in [9.17, 15) is 59.0 Å². The second-order valence-corrected chi connectivity index (χ2v) is 28.3. The molecule has 3 atom stereocenters. The van der Waals surface area contributed by atoms with E-state index in [1.54, 1.807) is 36.4 Å². The molecule has 0 bridgehead atoms. The molecule has 37 heteroatoms. The van der Waals surface area contributed by atoms with Crippen LogP contribution in [0.4, 0.5) is 74.0 Å². The number of alkyl halides is 9. The lowest BCUT2D eigenvalue weighted by Gasteiger charge is -2.36. The number of aliphatic hydroxyl groups is 3. The van der Waals surface area contributed by atoms with Crippen LogP contribution in [0.3, 0.4) is 0 Å². The fourth-order valence-electron chi connectivity index (χ4n) is 12.8. The maximum Gasteiger partial charge on any atom is 0.432 e. The van der Waals surface area contributed by atoms with E-state index in [0.717, 1.165) is 135 Å². The molecular weight excluding hydrogens is 1530 g/mol. The van der Waals surface area contributed by atoms with Crippen molar-refractivity contribution in [1.29, 1.82) is 0 Å². The molecule has 28 nitrogen and oxygen atoms in total. The average Bonchev–Trinajstić information content (AvgIpc) is 1.76. The first kappa shape index (κ1) is 84.9. The number of H-pyrrole nitrogens is 3. The summed E-state index contributed by atoms with van der Waals surface area (Å²) in [5, 5.41) is 35.5. The van der Waals surface area contributed by atoms with Gasteiger partial charge in [-0.25, -0.2) is 29.9 Å². The summed E-state index contributed by atoms with van der Waals surface area (Å²) >= 11 is 0. The third kappa shape index (κ3) is 24.3. The summed E-state index contributed by atoms with van der Waals surface area (Å²) in [4.78, 5) is 79.4. The van der Waals surface area contributed by atoms with E-state index in [1.807, 2.05) is 100 Å². The third-order valence-corrected chi connectivity index (χ3v) is 18.9. The molecule has 0 amide bonds. The number of imidazole rings is 3. The first-order valence-electron chi connectivity index (χ1n) is 36.8. The molecule has 11 heterocycles. The van der Waals surface area contributed by atoms with Gasteiger partial charge in [0.15, 0.2) is 11.6 Å². The lowest BCUT2D eigenvalue weighted by atomic mass is 10.1. The second-order valence-electron chi connectivity index (χ2n) is 28.3. The molecule has 616 valence electrons. The number of aliphatic carboxylic acids is 1. The smallest absolute Gasteiger partial charge is 0.432 e. The van der Waals surface area contributed by atoms with Gasteiger partial charge in [-0.15, -0.1) is 0 Å². The van der Waals surface area contributed by atoms with E-state index in [4.69, 9.17) is 43.7 Å². The number of ether oxygens (including phenoxy) is 6. The number of hydrogen-bond acceptors (Lipinski definition) is 24. The highest BCUT2D eigenvalue weighted by molar-refractivity contribution is 5.74. The molecule has 115 heavy (non-hydrogen) atoms. The van der Waals surface area contributed by atoms with Gasteiger partial charge in [0.2, 0.25) is 0 Å². The van der Waals surface area contributed by atoms with Crippen LogP contribution in [0.1, 0.15) is 61.5 Å². The molecule has 3 unspecified atom stereocenters. The van der Waals surface area contributed by atoms with Gasteiger partial charge in [0.25, 0.3) is 0 Å². The zero-order chi connectivity index (χ0) is 82.2. The zero-order valence-corrected chi connectivity index (χ0v) is 63.2. The fourth-order valence-corrected chi connectivity index (χ4v) is 12.8. The number of aromatic amines is 3. The maximum atomic E-state index is 12.8. The number of nitrogens with zero attached hydrogens (tertiary/aromatic N) is 12. The number of esters is 2. The summed E-state index contributed by atoms with van der Waals surface area (Å²) in [7, 11) is 0. The van der Waals surface area contributed by atoms with Crippen molar-refractivity contribution < 1.29 is 103 Å². The molecule has 14 rings (SSSR count). The normalized spacial score (nSPS) is 17.8. The van der Waals surface area contributed by atoms with E-state index in [0.29, 0.717) is 43.0 Å². The minimum absolute atomic E-state index is 0.00520. The summed E-state index contributed by atoms with van der Waals surface area (Å²) < 4.78 is 147. The van der Waals surface area contributed by atoms with Crippen LogP contribution in [-0.2, 0) is 80.6 Å². The standard InChI is InChI=1S/C27H30F3N5O4.C24H26F3N5O4.C21H20F3N5O2.C6H12O3/c1-26(2)38-17-21(39-26)16-37-24(36)13-18-3-6-20(7-4-18)34-9-11-35(12-10-34)23-8-5-19(14-31-23)25-32-15-22(33-25)27(28,29)30;25-24(26,27)20-13-29-23(30-20)17-3-6-21(28-12-17)32-9-7-31(8-10-32)18-4-1-16(2-5-18)11-22(35)36-15-19(34)14-33;22-21(23,24)17-13-26-20(27-17)15-3-6-18(25-12-15)29-9-7-28(8-10-29)16-4-1-14(2-5-16)11-19(30)31;1-6(2)8-4-5(3-7)9-6/h3-8,14-15,21H,9-13,16-17H2,1-2H3,(H,32,33);1-6,12-13,19,33-34H,7-11,14-15H2,(H,29,30);1-6,12-13H,7-11H2,(H,26,27)(H,30,31);5,7H,3-4H2,1-2H3. The van der Waals surface area contributed by atoms with E-state index in [-0.39, 0.29) is 74.7 Å². The minimum Gasteiger partial charge on any atom is -0.481 e. The second kappa shape index (κ2) is 37.5. The van der Waals surface area contributed by atoms with Gasteiger partial charge in [-0.3, -0.25) is 14.4 Å². The third-order valence-electron chi connectivity index (χ3n) is 18.9. The molecule has 5 aliphatic heterocycles. The van der Waals surface area contributed by atoms with Crippen LogP contribution in [0.25, 0.3) is 34.2 Å². The van der Waals surface area contributed by atoms with Gasteiger partial charge in [-0.2, -0.15) is 39.5 Å². The van der Waals surface area contributed by atoms with Gasteiger partial charge in [0.05, 0.1) is 64.3 Å². The van der Waals surface area contributed by atoms with Crippen LogP contribution in [0.15, 0.2) is 146 Å². The number of rotatable bonds is 21. The van der Waals surface area contributed by atoms with Crippen LogP contribution in [-0.4, -0.2) is 231 Å². The number of benzene rings is 3. The van der Waals surface area contributed by atoms with Crippen LogP contribution < -0.4 is 29.4 Å². The SMILES string of the molecule is CC1(C)OCC(CO)O1.CC1(C)OCC(COC(=O)Cc2ccc(N3CCN(c4ccc(-c5ncc(C(F)(F)F)[nH]5)cn4)CC3)cc2)O1.O=C(Cc1ccc(N2CCN(c3ccc(-c4ncc(C(F)(F)F)[nH]4)cn3)CC2)cc1)OCC(O)CO.O=C(O)Cc1ccc(N2CCN(c3ccc(-c4ncc(C(F)(F)F)[nH]4)cn3)CC2)cc1. The van der Waals surface area contributed by atoms with Crippen LogP contribution in [0, 0.1) is 0 Å². The summed E-state index contributed by atoms with van der Waals surface area (Å²) in [5.41, 5.74) is 4.30. The number of aromatic nitrogens is 9. The molecule has 5 fully saturated rings. The van der Waals surface area contributed by atoms with Gasteiger partial charge < -0.3 is 93.2 Å². The number of carboxylic acids is 1. The number of carbonyl (C=O) groups excluding carboxylic acids is 2.